The number of unbranched alkanes of at least 4 members (excludes halogenated alkanes) is 6. The highest BCUT2D eigenvalue weighted by molar-refractivity contribution is 8.14. The van der Waals surface area contributed by atoms with Crippen LogP contribution in [0.5, 0.6) is 0 Å². The fraction of sp³-hybridized carbons (Fsp3) is 0.812. The molecule has 1 fully saturated rings. The van der Waals surface area contributed by atoms with Crippen LogP contribution in [-0.2, 0) is 14.4 Å². The van der Waals surface area contributed by atoms with E-state index in [0.717, 1.165) is 18.6 Å². The minimum absolute atomic E-state index is 0.0147. The summed E-state index contributed by atoms with van der Waals surface area (Å²) >= 11 is 1.25. The van der Waals surface area contributed by atoms with Crippen LogP contribution in [0.15, 0.2) is 0 Å². The van der Waals surface area contributed by atoms with E-state index < -0.39 is 0 Å². The summed E-state index contributed by atoms with van der Waals surface area (Å²) in [5.74, 6) is 0.443. The Labute approximate surface area is 131 Å². The predicted octanol–water partition coefficient (Wildman–Crippen LogP) is 3.23. The molecule has 0 bridgehead atoms. The highest BCUT2D eigenvalue weighted by Gasteiger charge is 2.27. The van der Waals surface area contributed by atoms with Gasteiger partial charge in [0.25, 0.3) is 0 Å². The van der Waals surface area contributed by atoms with Crippen molar-refractivity contribution in [1.29, 1.82) is 0 Å². The Balaban J connectivity index is 2.02. The quantitative estimate of drug-likeness (QED) is 0.470. The molecular weight excluding hydrogens is 286 g/mol. The molecule has 1 aliphatic rings. The van der Waals surface area contributed by atoms with Gasteiger partial charge in [0.2, 0.25) is 11.0 Å². The van der Waals surface area contributed by atoms with Crippen molar-refractivity contribution in [2.75, 3.05) is 5.75 Å². The average molecular weight is 313 g/mol. The Kier molecular flexibility index (Phi) is 9.39. The van der Waals surface area contributed by atoms with Gasteiger partial charge in [0.05, 0.1) is 12.5 Å². The SMILES string of the molecule is CCCCCCCCCC(=O)CC(=O)N[C@H]1CCSC1=O. The number of carbonyl (C=O) groups excluding carboxylic acids is 3. The molecule has 0 aromatic rings. The van der Waals surface area contributed by atoms with Gasteiger partial charge in [0.15, 0.2) is 0 Å². The molecule has 1 N–H and O–H groups in total. The lowest BCUT2D eigenvalue weighted by Gasteiger charge is -2.09. The standard InChI is InChI=1S/C16H27NO3S/c1-2-3-4-5-6-7-8-9-13(18)12-15(19)17-14-10-11-21-16(14)20/h14H,2-12H2,1H3,(H,17,19)/t14-/m0/s1. The van der Waals surface area contributed by atoms with E-state index in [1.165, 1.54) is 43.9 Å². The highest BCUT2D eigenvalue weighted by Crippen LogP contribution is 2.19. The monoisotopic (exact) mass is 313 g/mol. The molecule has 0 aliphatic carbocycles. The second-order valence-corrected chi connectivity index (χ2v) is 6.76. The van der Waals surface area contributed by atoms with Crippen LogP contribution in [-0.4, -0.2) is 28.6 Å². The minimum atomic E-state index is -0.381. The van der Waals surface area contributed by atoms with Crippen molar-refractivity contribution >= 4 is 28.6 Å². The molecule has 0 spiro atoms. The summed E-state index contributed by atoms with van der Waals surface area (Å²) in [6.07, 6.45) is 9.25. The third kappa shape index (κ3) is 8.24. The molecule has 1 heterocycles. The van der Waals surface area contributed by atoms with Gasteiger partial charge < -0.3 is 5.32 Å². The fourth-order valence-electron chi connectivity index (χ4n) is 2.42. The lowest BCUT2D eigenvalue weighted by atomic mass is 10.1. The van der Waals surface area contributed by atoms with Crippen LogP contribution in [0, 0.1) is 0 Å². The Morgan fingerprint density at radius 1 is 1.14 bits per heavy atom. The molecule has 1 atom stereocenters. The van der Waals surface area contributed by atoms with Gasteiger partial charge in [-0.1, -0.05) is 57.2 Å². The van der Waals surface area contributed by atoms with Gasteiger partial charge in [0, 0.05) is 12.2 Å². The van der Waals surface area contributed by atoms with Gasteiger partial charge in [-0.2, -0.15) is 0 Å². The van der Waals surface area contributed by atoms with Crippen molar-refractivity contribution in [1.82, 2.24) is 5.32 Å². The number of carbonyl (C=O) groups is 3. The number of ketones is 1. The molecule has 1 rings (SSSR count). The number of Topliss-reactive ketones (excluding diaryl/α,β-unsaturated/α-hetero) is 1. The number of nitrogens with one attached hydrogen (secondary N) is 1. The number of rotatable bonds is 11. The van der Waals surface area contributed by atoms with Crippen LogP contribution in [0.3, 0.4) is 0 Å². The number of hydrogen-bond donors (Lipinski definition) is 1. The third-order valence-corrected chi connectivity index (χ3v) is 4.70. The van der Waals surface area contributed by atoms with Gasteiger partial charge in [-0.3, -0.25) is 14.4 Å². The first-order valence-corrected chi connectivity index (χ1v) is 9.09. The van der Waals surface area contributed by atoms with Crippen molar-refractivity contribution in [3.05, 3.63) is 0 Å². The van der Waals surface area contributed by atoms with Crippen molar-refractivity contribution in [2.24, 2.45) is 0 Å². The molecule has 0 saturated carbocycles. The summed E-state index contributed by atoms with van der Waals surface area (Å²) in [5.41, 5.74) is 0. The van der Waals surface area contributed by atoms with Gasteiger partial charge in [0.1, 0.15) is 5.78 Å². The zero-order valence-corrected chi connectivity index (χ0v) is 13.8. The van der Waals surface area contributed by atoms with Crippen LogP contribution >= 0.6 is 11.8 Å². The van der Waals surface area contributed by atoms with E-state index >= 15 is 0 Å². The van der Waals surface area contributed by atoms with Crippen LogP contribution < -0.4 is 5.32 Å². The van der Waals surface area contributed by atoms with Crippen molar-refractivity contribution in [3.8, 4) is 0 Å². The van der Waals surface area contributed by atoms with E-state index in [-0.39, 0.29) is 29.3 Å². The first kappa shape index (κ1) is 18.2. The zero-order valence-electron chi connectivity index (χ0n) is 13.0. The summed E-state index contributed by atoms with van der Waals surface area (Å²) in [5, 5.41) is 2.67. The number of hydrogen-bond acceptors (Lipinski definition) is 4. The Morgan fingerprint density at radius 2 is 1.81 bits per heavy atom. The van der Waals surface area contributed by atoms with Crippen LogP contribution in [0.25, 0.3) is 0 Å². The largest absolute Gasteiger partial charge is 0.345 e. The van der Waals surface area contributed by atoms with E-state index in [9.17, 15) is 14.4 Å². The summed E-state index contributed by atoms with van der Waals surface area (Å²) in [6, 6.07) is -0.381. The Morgan fingerprint density at radius 3 is 2.43 bits per heavy atom. The fourth-order valence-corrected chi connectivity index (χ4v) is 3.35. The molecule has 21 heavy (non-hydrogen) atoms. The van der Waals surface area contributed by atoms with Gasteiger partial charge in [-0.25, -0.2) is 0 Å². The first-order valence-electron chi connectivity index (χ1n) is 8.11. The number of thioether (sulfide) groups is 1. The van der Waals surface area contributed by atoms with Crippen molar-refractivity contribution < 1.29 is 14.4 Å². The van der Waals surface area contributed by atoms with Crippen LogP contribution in [0.1, 0.15) is 71.1 Å². The van der Waals surface area contributed by atoms with Gasteiger partial charge in [-0.15, -0.1) is 0 Å². The summed E-state index contributed by atoms with van der Waals surface area (Å²) < 4.78 is 0. The first-order chi connectivity index (χ1) is 10.1. The average Bonchev–Trinajstić information content (AvgIpc) is 2.83. The molecule has 1 aliphatic heterocycles. The molecule has 120 valence electrons. The van der Waals surface area contributed by atoms with Crippen molar-refractivity contribution in [3.63, 3.8) is 0 Å². The molecule has 1 amide bonds. The van der Waals surface area contributed by atoms with E-state index in [4.69, 9.17) is 0 Å². The number of amides is 1. The van der Waals surface area contributed by atoms with Crippen LogP contribution in [0.4, 0.5) is 0 Å². The molecule has 0 radical (unpaired) electrons. The van der Waals surface area contributed by atoms with Gasteiger partial charge in [-0.05, 0) is 12.8 Å². The van der Waals surface area contributed by atoms with E-state index in [0.29, 0.717) is 12.8 Å². The normalized spacial score (nSPS) is 18.0. The summed E-state index contributed by atoms with van der Waals surface area (Å²) in [7, 11) is 0. The molecule has 5 heteroatoms. The second kappa shape index (κ2) is 10.8. The van der Waals surface area contributed by atoms with Crippen LogP contribution in [0.2, 0.25) is 0 Å². The van der Waals surface area contributed by atoms with Gasteiger partial charge >= 0.3 is 0 Å². The highest BCUT2D eigenvalue weighted by atomic mass is 32.2. The second-order valence-electron chi connectivity index (χ2n) is 5.66. The Bertz CT molecular complexity index is 357. The summed E-state index contributed by atoms with van der Waals surface area (Å²) in [4.78, 5) is 34.7. The molecular formula is C16H27NO3S. The van der Waals surface area contributed by atoms with Crippen molar-refractivity contribution in [2.45, 2.75) is 77.2 Å². The molecule has 0 aromatic carbocycles. The Hall–Kier alpha value is -0.840. The smallest absolute Gasteiger partial charge is 0.228 e. The molecule has 4 nitrogen and oxygen atoms in total. The molecule has 1 saturated heterocycles. The van der Waals surface area contributed by atoms with E-state index in [2.05, 4.69) is 12.2 Å². The maximum Gasteiger partial charge on any atom is 0.228 e. The zero-order chi connectivity index (χ0) is 15.5. The third-order valence-electron chi connectivity index (χ3n) is 3.69. The predicted molar refractivity (Wildman–Crippen MR) is 86.2 cm³/mol. The minimum Gasteiger partial charge on any atom is -0.345 e. The maximum absolute atomic E-state index is 11.7. The molecule has 0 aromatic heterocycles. The maximum atomic E-state index is 11.7. The lowest BCUT2D eigenvalue weighted by Crippen LogP contribution is -2.38. The lowest BCUT2D eigenvalue weighted by molar-refractivity contribution is -0.130. The molecule has 0 unspecified atom stereocenters. The summed E-state index contributed by atoms with van der Waals surface area (Å²) in [6.45, 7) is 2.20. The topological polar surface area (TPSA) is 63.2 Å². The van der Waals surface area contributed by atoms with E-state index in [1.54, 1.807) is 0 Å². The van der Waals surface area contributed by atoms with E-state index in [1.807, 2.05) is 0 Å².